The van der Waals surface area contributed by atoms with Crippen LogP contribution in [0.1, 0.15) is 71.0 Å². The van der Waals surface area contributed by atoms with E-state index in [1.807, 2.05) is 20.8 Å². The van der Waals surface area contributed by atoms with E-state index >= 15 is 0 Å². The maximum atomic E-state index is 13.3. The number of likely N-dealkylation sites (tertiary alicyclic amines) is 1. The van der Waals surface area contributed by atoms with E-state index in [1.165, 1.54) is 0 Å². The number of amides is 3. The third kappa shape index (κ3) is 4.93. The summed E-state index contributed by atoms with van der Waals surface area (Å²) in [6, 6.07) is 5.39. The fourth-order valence-corrected chi connectivity index (χ4v) is 4.12. The highest BCUT2D eigenvalue weighted by Gasteiger charge is 2.45. The number of rotatable bonds is 2. The maximum Gasteiger partial charge on any atom is 0.318 e. The number of hydrogen-bond donors (Lipinski definition) is 3. The Kier molecular flexibility index (Phi) is 6.19. The van der Waals surface area contributed by atoms with Gasteiger partial charge in [-0.05, 0) is 72.1 Å². The number of fused-ring (bicyclic) bond motifs is 1. The average Bonchev–Trinajstić information content (AvgIpc) is 2.69. The van der Waals surface area contributed by atoms with Gasteiger partial charge < -0.3 is 25.4 Å². The molecule has 0 radical (unpaired) electrons. The summed E-state index contributed by atoms with van der Waals surface area (Å²) in [5.41, 5.74) is -0.379. The van der Waals surface area contributed by atoms with E-state index in [2.05, 4.69) is 16.7 Å². The first-order valence-electron chi connectivity index (χ1n) is 10.7. The summed E-state index contributed by atoms with van der Waals surface area (Å²) in [6.45, 7) is 9.69. The lowest BCUT2D eigenvalue weighted by Gasteiger charge is -2.43. The number of hydrogen-bond acceptors (Lipinski definition) is 5. The monoisotopic (exact) mass is 428 g/mol. The summed E-state index contributed by atoms with van der Waals surface area (Å²) >= 11 is 0. The van der Waals surface area contributed by atoms with Crippen LogP contribution in [0.5, 0.6) is 5.75 Å². The summed E-state index contributed by atoms with van der Waals surface area (Å²) in [7, 11) is 0. The molecular weight excluding hydrogens is 396 g/mol. The van der Waals surface area contributed by atoms with Gasteiger partial charge in [-0.3, -0.25) is 4.79 Å². The molecule has 0 aliphatic carbocycles. The summed E-state index contributed by atoms with van der Waals surface area (Å²) in [4.78, 5) is 27.7. The normalized spacial score (nSPS) is 24.9. The molecule has 3 unspecified atom stereocenters. The van der Waals surface area contributed by atoms with Crippen LogP contribution in [-0.2, 0) is 4.79 Å². The van der Waals surface area contributed by atoms with Crippen molar-refractivity contribution in [1.29, 1.82) is 5.26 Å². The minimum Gasteiger partial charge on any atom is -0.485 e. The van der Waals surface area contributed by atoms with Crippen LogP contribution in [0.2, 0.25) is 0 Å². The number of urea groups is 1. The third-order valence-electron chi connectivity index (χ3n) is 5.72. The van der Waals surface area contributed by atoms with Crippen LogP contribution in [0.15, 0.2) is 18.2 Å². The predicted octanol–water partition coefficient (Wildman–Crippen LogP) is 2.61. The number of nitrogens with one attached hydrogen (secondary N) is 2. The lowest BCUT2D eigenvalue weighted by atomic mass is 9.85. The lowest BCUT2D eigenvalue weighted by Crippen LogP contribution is -2.60. The Hall–Kier alpha value is -2.79. The topological polar surface area (TPSA) is 115 Å². The van der Waals surface area contributed by atoms with Crippen molar-refractivity contribution in [2.24, 2.45) is 0 Å². The van der Waals surface area contributed by atoms with E-state index in [4.69, 9.17) is 4.74 Å². The van der Waals surface area contributed by atoms with Crippen molar-refractivity contribution < 1.29 is 19.4 Å². The van der Waals surface area contributed by atoms with E-state index in [-0.39, 0.29) is 11.9 Å². The molecular formula is C23H32N4O4. The van der Waals surface area contributed by atoms with Crippen LogP contribution < -0.4 is 15.4 Å². The minimum absolute atomic E-state index is 0.271. The Balaban J connectivity index is 1.87. The number of nitriles is 1. The van der Waals surface area contributed by atoms with E-state index in [0.717, 1.165) is 12.8 Å². The molecule has 0 saturated carbocycles. The predicted molar refractivity (Wildman–Crippen MR) is 115 cm³/mol. The number of carbonyl (C=O) groups excluding carboxylic acids is 2. The van der Waals surface area contributed by atoms with Gasteiger partial charge in [0.2, 0.25) is 5.91 Å². The van der Waals surface area contributed by atoms with Gasteiger partial charge in [-0.1, -0.05) is 0 Å². The Morgan fingerprint density at radius 2 is 2.00 bits per heavy atom. The molecule has 8 nitrogen and oxygen atoms in total. The van der Waals surface area contributed by atoms with Crippen molar-refractivity contribution in [2.45, 2.75) is 83.2 Å². The molecule has 1 saturated heterocycles. The first-order valence-corrected chi connectivity index (χ1v) is 10.7. The molecule has 168 valence electrons. The Labute approximate surface area is 183 Å². The highest BCUT2D eigenvalue weighted by Crippen LogP contribution is 2.40. The second-order valence-corrected chi connectivity index (χ2v) is 9.89. The van der Waals surface area contributed by atoms with E-state index in [1.54, 1.807) is 36.9 Å². The largest absolute Gasteiger partial charge is 0.485 e. The van der Waals surface area contributed by atoms with Crippen molar-refractivity contribution >= 4 is 11.9 Å². The molecule has 3 N–H and O–H groups in total. The van der Waals surface area contributed by atoms with Gasteiger partial charge in [0.15, 0.2) is 0 Å². The molecule has 31 heavy (non-hydrogen) atoms. The molecule has 1 aromatic carbocycles. The number of benzene rings is 1. The lowest BCUT2D eigenvalue weighted by molar-refractivity contribution is -0.131. The quantitative estimate of drug-likeness (QED) is 0.670. The molecule has 3 amide bonds. The Morgan fingerprint density at radius 3 is 2.65 bits per heavy atom. The Morgan fingerprint density at radius 1 is 1.29 bits per heavy atom. The van der Waals surface area contributed by atoms with Gasteiger partial charge in [0.25, 0.3) is 0 Å². The number of aliphatic hydroxyl groups excluding tert-OH is 1. The van der Waals surface area contributed by atoms with Crippen LogP contribution in [0, 0.1) is 11.3 Å². The van der Waals surface area contributed by atoms with Gasteiger partial charge in [0.05, 0.1) is 17.7 Å². The fourth-order valence-electron chi connectivity index (χ4n) is 4.12. The molecule has 2 aliphatic heterocycles. The molecule has 0 spiro atoms. The van der Waals surface area contributed by atoms with E-state index in [0.29, 0.717) is 29.8 Å². The zero-order chi connectivity index (χ0) is 23.0. The highest BCUT2D eigenvalue weighted by atomic mass is 16.5. The van der Waals surface area contributed by atoms with Crippen LogP contribution in [-0.4, -0.2) is 51.8 Å². The van der Waals surface area contributed by atoms with Crippen LogP contribution in [0.3, 0.4) is 0 Å². The molecule has 2 heterocycles. The van der Waals surface area contributed by atoms with E-state index < -0.39 is 29.3 Å². The molecule has 1 fully saturated rings. The smallest absolute Gasteiger partial charge is 0.318 e. The highest BCUT2D eigenvalue weighted by molar-refractivity contribution is 5.88. The third-order valence-corrected chi connectivity index (χ3v) is 5.72. The number of piperidine rings is 1. The van der Waals surface area contributed by atoms with Gasteiger partial charge in [-0.25, -0.2) is 4.79 Å². The van der Waals surface area contributed by atoms with Gasteiger partial charge in [-0.2, -0.15) is 5.26 Å². The van der Waals surface area contributed by atoms with Crippen molar-refractivity contribution in [3.63, 3.8) is 0 Å². The molecule has 0 bridgehead atoms. The summed E-state index contributed by atoms with van der Waals surface area (Å²) < 4.78 is 5.92. The van der Waals surface area contributed by atoms with Crippen molar-refractivity contribution in [3.05, 3.63) is 29.3 Å². The van der Waals surface area contributed by atoms with Gasteiger partial charge in [0, 0.05) is 17.6 Å². The zero-order valence-corrected chi connectivity index (χ0v) is 18.9. The summed E-state index contributed by atoms with van der Waals surface area (Å²) in [5, 5.41) is 26.1. The van der Waals surface area contributed by atoms with Crippen molar-refractivity contribution in [1.82, 2.24) is 15.5 Å². The maximum absolute atomic E-state index is 13.3. The molecule has 0 aromatic heterocycles. The van der Waals surface area contributed by atoms with Crippen LogP contribution in [0.25, 0.3) is 0 Å². The minimum atomic E-state index is -1.03. The molecule has 1 aromatic rings. The number of carbonyl (C=O) groups is 2. The second-order valence-electron chi connectivity index (χ2n) is 9.89. The average molecular weight is 429 g/mol. The first-order chi connectivity index (χ1) is 14.4. The SMILES string of the molecule is CC(C)(C)NC(=O)N1CCCCC1C(=O)NC1c2cc(C#N)ccc2OC(C)(C)C1O. The van der Waals surface area contributed by atoms with Gasteiger partial charge >= 0.3 is 6.03 Å². The number of nitrogens with zero attached hydrogens (tertiary/aromatic N) is 2. The van der Waals surface area contributed by atoms with Gasteiger partial charge in [0.1, 0.15) is 23.5 Å². The number of ether oxygens (including phenoxy) is 1. The number of aliphatic hydroxyl groups is 1. The van der Waals surface area contributed by atoms with Gasteiger partial charge in [-0.15, -0.1) is 0 Å². The Bertz CT molecular complexity index is 900. The van der Waals surface area contributed by atoms with Crippen LogP contribution >= 0.6 is 0 Å². The standard InChI is InChI=1S/C23H32N4O4/c1-22(2,3)26-21(30)27-11-7-6-8-16(27)20(29)25-18-15-12-14(13-24)9-10-17(15)31-23(4,5)19(18)28/h9-10,12,16,18-19,28H,6-8,11H2,1-5H3,(H,25,29)(H,26,30). The summed E-state index contributed by atoms with van der Waals surface area (Å²) in [5.74, 6) is 0.199. The van der Waals surface area contributed by atoms with E-state index in [9.17, 15) is 20.0 Å². The van der Waals surface area contributed by atoms with Crippen LogP contribution in [0.4, 0.5) is 4.79 Å². The van der Waals surface area contributed by atoms with Crippen molar-refractivity contribution in [2.75, 3.05) is 6.54 Å². The molecule has 3 atom stereocenters. The summed E-state index contributed by atoms with van der Waals surface area (Å²) in [6.07, 6.45) is 1.20. The first kappa shape index (κ1) is 22.9. The molecule has 3 rings (SSSR count). The second kappa shape index (κ2) is 8.39. The zero-order valence-electron chi connectivity index (χ0n) is 18.9. The molecule has 8 heteroatoms. The van der Waals surface area contributed by atoms with Crippen molar-refractivity contribution in [3.8, 4) is 11.8 Å². The fraction of sp³-hybridized carbons (Fsp3) is 0.609. The molecule has 2 aliphatic rings.